The number of likely N-dealkylation sites (tertiary alicyclic amines) is 1. The number of aryl methyl sites for hydroxylation is 1. The van der Waals surface area contributed by atoms with E-state index >= 15 is 0 Å². The van der Waals surface area contributed by atoms with E-state index < -0.39 is 0 Å². The Kier molecular flexibility index (Phi) is 9.90. The minimum atomic E-state index is -0.187. The van der Waals surface area contributed by atoms with Crippen LogP contribution in [-0.2, 0) is 11.3 Å². The van der Waals surface area contributed by atoms with E-state index in [1.807, 2.05) is 11.0 Å². The van der Waals surface area contributed by atoms with Crippen molar-refractivity contribution in [2.75, 3.05) is 20.1 Å². The van der Waals surface area contributed by atoms with Gasteiger partial charge in [-0.1, -0.05) is 19.1 Å². The summed E-state index contributed by atoms with van der Waals surface area (Å²) in [4.78, 5) is 18.1. The molecule has 1 amide bonds. The number of rotatable bonds is 7. The number of carbonyl (C=O) groups is 1. The molecule has 0 bridgehead atoms. The minimum Gasteiger partial charge on any atom is -0.356 e. The molecule has 7 heteroatoms. The van der Waals surface area contributed by atoms with Crippen LogP contribution < -0.4 is 10.6 Å². The van der Waals surface area contributed by atoms with E-state index in [1.165, 1.54) is 6.07 Å². The van der Waals surface area contributed by atoms with Gasteiger partial charge in [0.25, 0.3) is 0 Å². The fourth-order valence-electron chi connectivity index (χ4n) is 3.22. The summed E-state index contributed by atoms with van der Waals surface area (Å²) in [7, 11) is 1.73. The van der Waals surface area contributed by atoms with E-state index in [1.54, 1.807) is 20.0 Å². The van der Waals surface area contributed by atoms with Crippen molar-refractivity contribution < 1.29 is 9.18 Å². The van der Waals surface area contributed by atoms with E-state index in [0.29, 0.717) is 30.5 Å². The van der Waals surface area contributed by atoms with Crippen molar-refractivity contribution in [1.82, 2.24) is 15.5 Å². The summed E-state index contributed by atoms with van der Waals surface area (Å²) in [6.45, 7) is 6.11. The molecule has 0 spiro atoms. The zero-order valence-electron chi connectivity index (χ0n) is 15.8. The molecule has 2 N–H and O–H groups in total. The van der Waals surface area contributed by atoms with Gasteiger partial charge in [0, 0.05) is 39.1 Å². The number of hydrogen-bond donors (Lipinski definition) is 2. The molecule has 1 aromatic carbocycles. The third kappa shape index (κ3) is 6.41. The summed E-state index contributed by atoms with van der Waals surface area (Å²) in [5.41, 5.74) is 1.65. The van der Waals surface area contributed by atoms with Crippen LogP contribution in [0.3, 0.4) is 0 Å². The molecule has 146 valence electrons. The van der Waals surface area contributed by atoms with Crippen molar-refractivity contribution in [2.24, 2.45) is 4.99 Å². The number of hydrogen-bond acceptors (Lipinski definition) is 2. The highest BCUT2D eigenvalue weighted by Gasteiger charge is 2.26. The molecular formula is C19H30FIN4O. The number of carbonyl (C=O) groups excluding carboxylic acids is 1. The Bertz CT molecular complexity index is 624. The van der Waals surface area contributed by atoms with Crippen LogP contribution in [0.5, 0.6) is 0 Å². The van der Waals surface area contributed by atoms with Crippen molar-refractivity contribution in [3.8, 4) is 0 Å². The Morgan fingerprint density at radius 3 is 2.73 bits per heavy atom. The highest BCUT2D eigenvalue weighted by atomic mass is 127. The lowest BCUT2D eigenvalue weighted by Crippen LogP contribution is -2.41. The quantitative estimate of drug-likeness (QED) is 0.361. The van der Waals surface area contributed by atoms with Gasteiger partial charge in [-0.3, -0.25) is 9.79 Å². The lowest BCUT2D eigenvalue weighted by atomic mass is 10.1. The number of nitrogens with one attached hydrogen (secondary N) is 2. The highest BCUT2D eigenvalue weighted by molar-refractivity contribution is 14.0. The van der Waals surface area contributed by atoms with Crippen molar-refractivity contribution in [1.29, 1.82) is 0 Å². The Balaban J connectivity index is 0.00000338. The maximum atomic E-state index is 13.3. The molecule has 1 aliphatic rings. The average molecular weight is 476 g/mol. The van der Waals surface area contributed by atoms with Crippen LogP contribution in [0.1, 0.15) is 43.7 Å². The third-order valence-electron chi connectivity index (χ3n) is 4.70. The Morgan fingerprint density at radius 2 is 2.15 bits per heavy atom. The smallest absolute Gasteiger partial charge is 0.222 e. The topological polar surface area (TPSA) is 56.7 Å². The number of aliphatic imine (C=N–C) groups is 1. The van der Waals surface area contributed by atoms with Gasteiger partial charge >= 0.3 is 0 Å². The predicted octanol–water partition coefficient (Wildman–Crippen LogP) is 3.21. The molecule has 1 atom stereocenters. The second-order valence-electron chi connectivity index (χ2n) is 6.48. The number of amides is 1. The number of guanidine groups is 1. The Hall–Kier alpha value is -1.38. The van der Waals surface area contributed by atoms with Gasteiger partial charge in [-0.2, -0.15) is 0 Å². The summed E-state index contributed by atoms with van der Waals surface area (Å²) in [5, 5.41) is 6.53. The molecule has 1 aliphatic heterocycles. The Labute approximate surface area is 172 Å². The van der Waals surface area contributed by atoms with Gasteiger partial charge < -0.3 is 15.5 Å². The Morgan fingerprint density at radius 1 is 1.38 bits per heavy atom. The van der Waals surface area contributed by atoms with Gasteiger partial charge in [-0.25, -0.2) is 4.39 Å². The van der Waals surface area contributed by atoms with Crippen LogP contribution in [0.25, 0.3) is 0 Å². The highest BCUT2D eigenvalue weighted by Crippen LogP contribution is 2.17. The zero-order valence-corrected chi connectivity index (χ0v) is 18.2. The average Bonchev–Trinajstić information content (AvgIpc) is 3.03. The van der Waals surface area contributed by atoms with E-state index in [9.17, 15) is 9.18 Å². The molecule has 1 saturated heterocycles. The second-order valence-corrected chi connectivity index (χ2v) is 6.48. The summed E-state index contributed by atoms with van der Waals surface area (Å²) in [5.74, 6) is 0.805. The molecule has 1 unspecified atom stereocenters. The molecule has 2 rings (SSSR count). The fourth-order valence-corrected chi connectivity index (χ4v) is 3.22. The monoisotopic (exact) mass is 476 g/mol. The van der Waals surface area contributed by atoms with Gasteiger partial charge in [-0.05, 0) is 43.4 Å². The van der Waals surface area contributed by atoms with Gasteiger partial charge in [0.2, 0.25) is 5.91 Å². The van der Waals surface area contributed by atoms with Crippen molar-refractivity contribution in [3.63, 3.8) is 0 Å². The van der Waals surface area contributed by atoms with E-state index in [2.05, 4.69) is 22.5 Å². The first kappa shape index (κ1) is 22.7. The summed E-state index contributed by atoms with van der Waals surface area (Å²) < 4.78 is 13.3. The van der Waals surface area contributed by atoms with Gasteiger partial charge in [0.1, 0.15) is 5.82 Å². The first-order valence-electron chi connectivity index (χ1n) is 9.04. The van der Waals surface area contributed by atoms with Crippen molar-refractivity contribution >= 4 is 35.8 Å². The molecule has 0 saturated carbocycles. The zero-order chi connectivity index (χ0) is 18.2. The lowest BCUT2D eigenvalue weighted by Gasteiger charge is -2.27. The fraction of sp³-hybridized carbons (Fsp3) is 0.579. The molecule has 1 fully saturated rings. The largest absolute Gasteiger partial charge is 0.356 e. The van der Waals surface area contributed by atoms with Crippen LogP contribution in [0.15, 0.2) is 23.2 Å². The molecule has 5 nitrogen and oxygen atoms in total. The molecular weight excluding hydrogens is 446 g/mol. The number of nitrogens with zero attached hydrogens (tertiary/aromatic N) is 2. The molecule has 0 aliphatic carbocycles. The van der Waals surface area contributed by atoms with Gasteiger partial charge in [0.05, 0.1) is 0 Å². The van der Waals surface area contributed by atoms with Crippen LogP contribution in [0.4, 0.5) is 4.39 Å². The summed E-state index contributed by atoms with van der Waals surface area (Å²) >= 11 is 0. The molecule has 1 heterocycles. The van der Waals surface area contributed by atoms with Crippen LogP contribution in [-0.4, -0.2) is 42.9 Å². The second kappa shape index (κ2) is 11.4. The van der Waals surface area contributed by atoms with Crippen LogP contribution in [0.2, 0.25) is 0 Å². The van der Waals surface area contributed by atoms with Crippen molar-refractivity contribution in [2.45, 2.75) is 52.1 Å². The summed E-state index contributed by atoms with van der Waals surface area (Å²) in [6.07, 6.45) is 3.53. The normalized spacial score (nSPS) is 15.6. The predicted molar refractivity (Wildman–Crippen MR) is 114 cm³/mol. The molecule has 26 heavy (non-hydrogen) atoms. The maximum Gasteiger partial charge on any atom is 0.222 e. The van der Waals surface area contributed by atoms with Crippen molar-refractivity contribution in [3.05, 3.63) is 35.1 Å². The molecule has 0 radical (unpaired) electrons. The number of halogens is 2. The van der Waals surface area contributed by atoms with Gasteiger partial charge in [0.15, 0.2) is 5.96 Å². The van der Waals surface area contributed by atoms with E-state index in [0.717, 1.165) is 37.9 Å². The van der Waals surface area contributed by atoms with E-state index in [-0.39, 0.29) is 35.7 Å². The van der Waals surface area contributed by atoms with Crippen LogP contribution >= 0.6 is 24.0 Å². The van der Waals surface area contributed by atoms with Crippen LogP contribution in [0, 0.1) is 12.7 Å². The minimum absolute atomic E-state index is 0. The third-order valence-corrected chi connectivity index (χ3v) is 4.70. The molecule has 1 aromatic rings. The van der Waals surface area contributed by atoms with E-state index in [4.69, 9.17) is 0 Å². The molecule has 0 aromatic heterocycles. The lowest BCUT2D eigenvalue weighted by molar-refractivity contribution is -0.129. The maximum absolute atomic E-state index is 13.3. The first-order chi connectivity index (χ1) is 12.0. The summed E-state index contributed by atoms with van der Waals surface area (Å²) in [6, 6.07) is 5.39. The SMILES string of the molecule is CCC(CCNC(=NC)NCc1ccc(F)c(C)c1)N1CCCC1=O.I. The van der Waals surface area contributed by atoms with Gasteiger partial charge in [-0.15, -0.1) is 24.0 Å². The first-order valence-corrected chi connectivity index (χ1v) is 9.04. The number of benzene rings is 1. The standard InChI is InChI=1S/C19H29FN4O.HI/c1-4-16(24-11-5-6-18(24)25)9-10-22-19(21-3)23-13-15-7-8-17(20)14(2)12-15;/h7-8,12,16H,4-6,9-11,13H2,1-3H3,(H2,21,22,23);1H.